The number of nitrogens with zero attached hydrogens (tertiary/aromatic N) is 3. The maximum atomic E-state index is 12.8. The lowest BCUT2D eigenvalue weighted by molar-refractivity contribution is -0.0261. The summed E-state index contributed by atoms with van der Waals surface area (Å²) in [6, 6.07) is 1.68. The first-order chi connectivity index (χ1) is 7.55. The summed E-state index contributed by atoms with van der Waals surface area (Å²) in [5, 5.41) is 0. The van der Waals surface area contributed by atoms with Gasteiger partial charge in [0.1, 0.15) is 0 Å². The van der Waals surface area contributed by atoms with Gasteiger partial charge in [0.15, 0.2) is 5.65 Å². The smallest absolute Gasteiger partial charge is 0.282 e. The van der Waals surface area contributed by atoms with E-state index in [9.17, 15) is 8.78 Å². The normalized spacial score (nSPS) is 18.8. The van der Waals surface area contributed by atoms with E-state index in [0.29, 0.717) is 17.0 Å². The molecular weight excluding hydrogens is 214 g/mol. The highest BCUT2D eigenvalue weighted by atomic mass is 19.3. The van der Waals surface area contributed by atoms with Gasteiger partial charge in [0, 0.05) is 18.6 Å². The molecule has 0 aliphatic carbocycles. The number of halogens is 2. The predicted molar refractivity (Wildman–Crippen MR) is 56.8 cm³/mol. The van der Waals surface area contributed by atoms with Gasteiger partial charge in [0.05, 0.1) is 24.5 Å². The summed E-state index contributed by atoms with van der Waals surface area (Å²) < 4.78 is 27.3. The zero-order valence-corrected chi connectivity index (χ0v) is 8.40. The Bertz CT molecular complexity index is 541. The van der Waals surface area contributed by atoms with Crippen LogP contribution in [-0.2, 0) is 0 Å². The molecule has 0 bridgehead atoms. The van der Waals surface area contributed by atoms with E-state index < -0.39 is 5.92 Å². The van der Waals surface area contributed by atoms with Gasteiger partial charge in [-0.2, -0.15) is 0 Å². The molecule has 0 atom stereocenters. The zero-order valence-electron chi connectivity index (χ0n) is 8.40. The number of aromatic nitrogens is 2. The fourth-order valence-electron chi connectivity index (χ4n) is 1.95. The first-order valence-electron chi connectivity index (χ1n) is 4.90. The minimum atomic E-state index is -2.59. The molecule has 3 heterocycles. The molecule has 0 unspecified atom stereocenters. The van der Waals surface area contributed by atoms with Crippen LogP contribution in [0.2, 0.25) is 0 Å². The van der Waals surface area contributed by atoms with E-state index in [2.05, 4.69) is 4.98 Å². The van der Waals surface area contributed by atoms with Crippen LogP contribution in [0.15, 0.2) is 24.7 Å². The van der Waals surface area contributed by atoms with Crippen LogP contribution in [0, 0.1) is 0 Å². The van der Waals surface area contributed by atoms with Gasteiger partial charge in [-0.1, -0.05) is 0 Å². The maximum absolute atomic E-state index is 12.8. The summed E-state index contributed by atoms with van der Waals surface area (Å²) in [6.07, 6.45) is 5.08. The number of hydrogen-bond acceptors (Lipinski definition) is 3. The summed E-state index contributed by atoms with van der Waals surface area (Å²) in [5.74, 6) is -2.59. The number of nitrogens with two attached hydrogens (primary N) is 1. The molecule has 16 heavy (non-hydrogen) atoms. The first-order valence-corrected chi connectivity index (χ1v) is 4.90. The van der Waals surface area contributed by atoms with Gasteiger partial charge in [-0.3, -0.25) is 0 Å². The van der Waals surface area contributed by atoms with Crippen molar-refractivity contribution in [1.29, 1.82) is 0 Å². The largest absolute Gasteiger partial charge is 0.397 e. The molecule has 2 N–H and O–H groups in total. The Morgan fingerprint density at radius 2 is 2.12 bits per heavy atom. The average molecular weight is 224 g/mol. The maximum Gasteiger partial charge on any atom is 0.282 e. The van der Waals surface area contributed by atoms with Crippen molar-refractivity contribution in [3.8, 4) is 0 Å². The fraction of sp³-hybridized carbons (Fsp3) is 0.300. The Hall–Kier alpha value is -1.85. The second-order valence-electron chi connectivity index (χ2n) is 4.03. The summed E-state index contributed by atoms with van der Waals surface area (Å²) in [4.78, 5) is 5.71. The second-order valence-corrected chi connectivity index (χ2v) is 4.03. The van der Waals surface area contributed by atoms with Crippen molar-refractivity contribution in [2.45, 2.75) is 5.92 Å². The topological polar surface area (TPSA) is 46.6 Å². The number of rotatable bonds is 1. The van der Waals surface area contributed by atoms with Gasteiger partial charge in [-0.15, -0.1) is 0 Å². The van der Waals surface area contributed by atoms with Crippen LogP contribution < -0.4 is 10.6 Å². The Kier molecular flexibility index (Phi) is 1.66. The SMILES string of the molecule is Nc1cc(N2CC(F)(F)C2)c2nccn2c1. The van der Waals surface area contributed by atoms with Crippen LogP contribution in [0.4, 0.5) is 20.2 Å². The standard InChI is InChI=1S/C10H10F2N4/c11-10(12)5-16(6-10)8-3-7(13)4-15-2-1-14-9(8)15/h1-4H,5-6,13H2. The molecule has 1 aliphatic rings. The van der Waals surface area contributed by atoms with Gasteiger partial charge in [0.25, 0.3) is 5.92 Å². The van der Waals surface area contributed by atoms with Crippen LogP contribution >= 0.6 is 0 Å². The summed E-state index contributed by atoms with van der Waals surface area (Å²) in [5.41, 5.74) is 7.56. The lowest BCUT2D eigenvalue weighted by Gasteiger charge is -2.40. The molecule has 1 saturated heterocycles. The van der Waals surface area contributed by atoms with Crippen LogP contribution in [0.3, 0.4) is 0 Å². The van der Waals surface area contributed by atoms with Crippen molar-refractivity contribution < 1.29 is 8.78 Å². The van der Waals surface area contributed by atoms with Crippen molar-refractivity contribution in [2.75, 3.05) is 23.7 Å². The minimum absolute atomic E-state index is 0.265. The molecule has 2 aromatic heterocycles. The van der Waals surface area contributed by atoms with Crippen LogP contribution in [0.1, 0.15) is 0 Å². The van der Waals surface area contributed by atoms with Crippen molar-refractivity contribution >= 4 is 17.0 Å². The van der Waals surface area contributed by atoms with Crippen molar-refractivity contribution in [3.05, 3.63) is 24.7 Å². The third kappa shape index (κ3) is 1.30. The third-order valence-corrected chi connectivity index (χ3v) is 2.67. The monoisotopic (exact) mass is 224 g/mol. The number of anilines is 2. The van der Waals surface area contributed by atoms with E-state index in [0.717, 1.165) is 0 Å². The molecular formula is C10H10F2N4. The van der Waals surface area contributed by atoms with E-state index in [1.165, 1.54) is 0 Å². The molecule has 1 aliphatic heterocycles. The van der Waals surface area contributed by atoms with Gasteiger partial charge in [-0.25, -0.2) is 13.8 Å². The fourth-order valence-corrected chi connectivity index (χ4v) is 1.95. The minimum Gasteiger partial charge on any atom is -0.397 e. The molecule has 0 radical (unpaired) electrons. The number of imidazole rings is 1. The van der Waals surface area contributed by atoms with Crippen LogP contribution in [0.5, 0.6) is 0 Å². The quantitative estimate of drug-likeness (QED) is 0.795. The van der Waals surface area contributed by atoms with E-state index in [-0.39, 0.29) is 13.1 Å². The number of hydrogen-bond donors (Lipinski definition) is 1. The predicted octanol–water partition coefficient (Wildman–Crippen LogP) is 1.37. The Morgan fingerprint density at radius 3 is 2.81 bits per heavy atom. The molecule has 0 saturated carbocycles. The highest BCUT2D eigenvalue weighted by Crippen LogP contribution is 2.34. The zero-order chi connectivity index (χ0) is 11.3. The number of nitrogen functional groups attached to an aromatic ring is 1. The molecule has 3 rings (SSSR count). The Morgan fingerprint density at radius 1 is 1.38 bits per heavy atom. The molecule has 4 nitrogen and oxygen atoms in total. The first kappa shape index (κ1) is 9.38. The van der Waals surface area contributed by atoms with Crippen molar-refractivity contribution in [2.24, 2.45) is 0 Å². The highest BCUT2D eigenvalue weighted by molar-refractivity contribution is 5.74. The molecule has 0 spiro atoms. The molecule has 84 valence electrons. The third-order valence-electron chi connectivity index (χ3n) is 2.67. The number of alkyl halides is 2. The van der Waals surface area contributed by atoms with Crippen LogP contribution in [0.25, 0.3) is 5.65 Å². The van der Waals surface area contributed by atoms with Gasteiger partial charge >= 0.3 is 0 Å². The van der Waals surface area contributed by atoms with Gasteiger partial charge in [0.2, 0.25) is 0 Å². The number of fused-ring (bicyclic) bond motifs is 1. The van der Waals surface area contributed by atoms with Crippen LogP contribution in [-0.4, -0.2) is 28.4 Å². The second kappa shape index (κ2) is 2.84. The number of pyridine rings is 1. The summed E-state index contributed by atoms with van der Waals surface area (Å²) >= 11 is 0. The Balaban J connectivity index is 2.06. The lowest BCUT2D eigenvalue weighted by atomic mass is 10.1. The molecule has 0 amide bonds. The molecule has 6 heteroatoms. The van der Waals surface area contributed by atoms with Crippen molar-refractivity contribution in [3.63, 3.8) is 0 Å². The van der Waals surface area contributed by atoms with Gasteiger partial charge < -0.3 is 15.0 Å². The molecule has 1 fully saturated rings. The van der Waals surface area contributed by atoms with E-state index in [4.69, 9.17) is 5.73 Å². The van der Waals surface area contributed by atoms with E-state index in [1.807, 2.05) is 0 Å². The van der Waals surface area contributed by atoms with Gasteiger partial charge in [-0.05, 0) is 6.07 Å². The molecule has 2 aromatic rings. The molecule has 0 aromatic carbocycles. The van der Waals surface area contributed by atoms with Crippen molar-refractivity contribution in [1.82, 2.24) is 9.38 Å². The Labute approximate surface area is 90.3 Å². The van der Waals surface area contributed by atoms with E-state index >= 15 is 0 Å². The highest BCUT2D eigenvalue weighted by Gasteiger charge is 2.44. The lowest BCUT2D eigenvalue weighted by Crippen LogP contribution is -2.56. The summed E-state index contributed by atoms with van der Waals surface area (Å²) in [6.45, 7) is -0.530. The summed E-state index contributed by atoms with van der Waals surface area (Å²) in [7, 11) is 0. The van der Waals surface area contributed by atoms with E-state index in [1.54, 1.807) is 34.0 Å². The average Bonchev–Trinajstić information content (AvgIpc) is 2.60.